The first-order chi connectivity index (χ1) is 23.9. The number of aryl methyl sites for hydroxylation is 2. The molecule has 252 valence electrons. The van der Waals surface area contributed by atoms with Crippen LogP contribution < -0.4 is 11.1 Å². The van der Waals surface area contributed by atoms with Crippen LogP contribution in [0.5, 0.6) is 0 Å². The summed E-state index contributed by atoms with van der Waals surface area (Å²) in [6, 6.07) is 59.5. The predicted molar refractivity (Wildman–Crippen MR) is 214 cm³/mol. The Morgan fingerprint density at radius 3 is 1.27 bits per heavy atom. The van der Waals surface area contributed by atoms with Gasteiger partial charge in [-0.1, -0.05) is 200 Å². The van der Waals surface area contributed by atoms with Crippen molar-refractivity contribution in [3.63, 3.8) is 0 Å². The van der Waals surface area contributed by atoms with Crippen LogP contribution in [0.25, 0.3) is 0 Å². The summed E-state index contributed by atoms with van der Waals surface area (Å²) in [5.74, 6) is 0.737. The number of nitrogens with two attached hydrogens (primary N) is 1. The second-order valence-electron chi connectivity index (χ2n) is 12.6. The van der Waals surface area contributed by atoms with Crippen LogP contribution in [0.4, 0.5) is 0 Å². The van der Waals surface area contributed by atoms with Gasteiger partial charge in [-0.25, -0.2) is 0 Å². The van der Waals surface area contributed by atoms with Gasteiger partial charge in [0.1, 0.15) is 0 Å². The minimum atomic E-state index is 0.0589. The Morgan fingerprint density at radius 2 is 0.837 bits per heavy atom. The van der Waals surface area contributed by atoms with Crippen molar-refractivity contribution in [2.45, 2.75) is 63.5 Å². The van der Waals surface area contributed by atoms with Crippen molar-refractivity contribution < 1.29 is 0 Å². The lowest BCUT2D eigenvalue weighted by molar-refractivity contribution is 0.464. The molecule has 2 nitrogen and oxygen atoms in total. The third-order valence-electron chi connectivity index (χ3n) is 9.21. The fraction of sp³-hybridized carbons (Fsp3) is 0.217. The van der Waals surface area contributed by atoms with Gasteiger partial charge in [-0.05, 0) is 58.4 Å². The fourth-order valence-electron chi connectivity index (χ4n) is 5.91. The highest BCUT2D eigenvalue weighted by atomic mass is 79.9. The lowest BCUT2D eigenvalue weighted by Gasteiger charge is -2.27. The SMILES string of the molecule is C[C@H](c1ccccc1)[C@H](N)c1ccccc1.Cc1ccccc1CBr.Cc1ccccc1CN[C@@H](c1ccccc1)[C@@H](C)c1ccccc1. The Morgan fingerprint density at radius 1 is 0.469 bits per heavy atom. The summed E-state index contributed by atoms with van der Waals surface area (Å²) < 4.78 is 0. The van der Waals surface area contributed by atoms with Crippen LogP contribution in [0, 0.1) is 13.8 Å². The maximum Gasteiger partial charge on any atom is 0.0389 e. The molecule has 6 rings (SSSR count). The van der Waals surface area contributed by atoms with Crippen LogP contribution in [-0.4, -0.2) is 0 Å². The quantitative estimate of drug-likeness (QED) is 0.139. The first kappa shape index (κ1) is 37.5. The Balaban J connectivity index is 0.000000185. The molecule has 3 heteroatoms. The van der Waals surface area contributed by atoms with Crippen molar-refractivity contribution in [1.82, 2.24) is 5.32 Å². The molecule has 0 bridgehead atoms. The van der Waals surface area contributed by atoms with Crippen LogP contribution in [-0.2, 0) is 11.9 Å². The van der Waals surface area contributed by atoms with Crippen molar-refractivity contribution in [1.29, 1.82) is 0 Å². The van der Waals surface area contributed by atoms with E-state index in [1.165, 1.54) is 44.5 Å². The normalized spacial score (nSPS) is 13.0. The molecule has 0 aliphatic rings. The van der Waals surface area contributed by atoms with Gasteiger partial charge in [0.25, 0.3) is 0 Å². The van der Waals surface area contributed by atoms with E-state index in [0.717, 1.165) is 11.9 Å². The van der Waals surface area contributed by atoms with Gasteiger partial charge in [0, 0.05) is 35.8 Å². The average Bonchev–Trinajstić information content (AvgIpc) is 3.17. The van der Waals surface area contributed by atoms with E-state index in [-0.39, 0.29) is 12.1 Å². The Kier molecular flexibility index (Phi) is 15.5. The highest BCUT2D eigenvalue weighted by Crippen LogP contribution is 2.31. The molecule has 0 spiro atoms. The second kappa shape index (κ2) is 20.3. The van der Waals surface area contributed by atoms with Gasteiger partial charge in [0.15, 0.2) is 0 Å². The van der Waals surface area contributed by atoms with Crippen LogP contribution in [0.1, 0.15) is 82.3 Å². The summed E-state index contributed by atoms with van der Waals surface area (Å²) in [6.45, 7) is 9.65. The number of halogens is 1. The van der Waals surface area contributed by atoms with Gasteiger partial charge in [-0.15, -0.1) is 0 Å². The van der Waals surface area contributed by atoms with E-state index < -0.39 is 0 Å². The van der Waals surface area contributed by atoms with E-state index in [1.807, 2.05) is 24.3 Å². The lowest BCUT2D eigenvalue weighted by atomic mass is 9.88. The standard InChI is InChI=1S/C23H25N.C15H17N.C8H9Br/c1-18-11-9-10-16-22(18)17-24-23(21-14-7-4-8-15-21)19(2)20-12-5-3-6-13-20;1-12(13-8-4-2-5-9-13)15(16)14-10-6-3-7-11-14;1-7-4-2-3-5-8(7)6-9/h3-16,19,23-24H,17H2,1-2H3;2-12,15H,16H2,1H3;2-5H,6H2,1H3/t19-,23+;12-,15+;/m01./s1. The Labute approximate surface area is 303 Å². The molecule has 0 saturated carbocycles. The smallest absolute Gasteiger partial charge is 0.0389 e. The number of alkyl halides is 1. The van der Waals surface area contributed by atoms with Gasteiger partial charge in [0.05, 0.1) is 0 Å². The van der Waals surface area contributed by atoms with Crippen molar-refractivity contribution in [3.05, 3.63) is 214 Å². The minimum absolute atomic E-state index is 0.0589. The van der Waals surface area contributed by atoms with E-state index in [0.29, 0.717) is 11.8 Å². The van der Waals surface area contributed by atoms with Crippen molar-refractivity contribution in [3.8, 4) is 0 Å². The van der Waals surface area contributed by atoms with E-state index in [1.54, 1.807) is 0 Å². The largest absolute Gasteiger partial charge is 0.323 e. The number of benzene rings is 6. The minimum Gasteiger partial charge on any atom is -0.323 e. The van der Waals surface area contributed by atoms with Crippen molar-refractivity contribution >= 4 is 15.9 Å². The maximum atomic E-state index is 6.27. The van der Waals surface area contributed by atoms with Gasteiger partial charge in [-0.2, -0.15) is 0 Å². The van der Waals surface area contributed by atoms with Gasteiger partial charge >= 0.3 is 0 Å². The molecule has 6 aromatic carbocycles. The highest BCUT2D eigenvalue weighted by molar-refractivity contribution is 9.08. The molecule has 49 heavy (non-hydrogen) atoms. The van der Waals surface area contributed by atoms with Crippen LogP contribution in [0.3, 0.4) is 0 Å². The molecule has 0 aliphatic carbocycles. The molecule has 0 aromatic heterocycles. The number of hydrogen-bond donors (Lipinski definition) is 2. The molecule has 0 radical (unpaired) electrons. The fourth-order valence-corrected chi connectivity index (χ4v) is 6.54. The molecule has 4 atom stereocenters. The summed E-state index contributed by atoms with van der Waals surface area (Å²) in [5.41, 5.74) is 16.9. The van der Waals surface area contributed by atoms with Crippen LogP contribution >= 0.6 is 15.9 Å². The van der Waals surface area contributed by atoms with Crippen LogP contribution in [0.2, 0.25) is 0 Å². The first-order valence-corrected chi connectivity index (χ1v) is 18.3. The number of nitrogens with one attached hydrogen (secondary N) is 1. The second-order valence-corrected chi connectivity index (χ2v) is 13.2. The third-order valence-corrected chi connectivity index (χ3v) is 9.82. The summed E-state index contributed by atoms with van der Waals surface area (Å²) in [5, 5.41) is 4.75. The monoisotopic (exact) mass is 710 g/mol. The molecule has 0 amide bonds. The van der Waals surface area contributed by atoms with E-state index in [4.69, 9.17) is 5.73 Å². The lowest BCUT2D eigenvalue weighted by Crippen LogP contribution is -2.26. The predicted octanol–water partition coefficient (Wildman–Crippen LogP) is 12.0. The molecule has 0 unspecified atom stereocenters. The first-order valence-electron chi connectivity index (χ1n) is 17.2. The van der Waals surface area contributed by atoms with Crippen molar-refractivity contribution in [2.75, 3.05) is 0 Å². The van der Waals surface area contributed by atoms with Gasteiger partial charge in [0.2, 0.25) is 0 Å². The molecule has 0 fully saturated rings. The average molecular weight is 712 g/mol. The summed E-state index contributed by atoms with van der Waals surface area (Å²) in [6.07, 6.45) is 0. The molecule has 6 aromatic rings. The Bertz CT molecular complexity index is 1710. The highest BCUT2D eigenvalue weighted by Gasteiger charge is 2.20. The topological polar surface area (TPSA) is 38.0 Å². The van der Waals surface area contributed by atoms with E-state index >= 15 is 0 Å². The zero-order valence-corrected chi connectivity index (χ0v) is 30.9. The zero-order chi connectivity index (χ0) is 34.8. The van der Waals surface area contributed by atoms with Crippen LogP contribution in [0.15, 0.2) is 170 Å². The summed E-state index contributed by atoms with van der Waals surface area (Å²) in [7, 11) is 0. The maximum absolute atomic E-state index is 6.27. The third kappa shape index (κ3) is 11.7. The molecular weight excluding hydrogens is 660 g/mol. The van der Waals surface area contributed by atoms with E-state index in [2.05, 4.69) is 195 Å². The zero-order valence-electron chi connectivity index (χ0n) is 29.3. The Hall–Kier alpha value is -4.28. The van der Waals surface area contributed by atoms with E-state index in [9.17, 15) is 0 Å². The molecular formula is C46H51BrN2. The number of hydrogen-bond acceptors (Lipinski definition) is 2. The summed E-state index contributed by atoms with van der Waals surface area (Å²) in [4.78, 5) is 0. The molecule has 3 N–H and O–H groups in total. The molecule has 0 heterocycles. The van der Waals surface area contributed by atoms with Crippen molar-refractivity contribution in [2.24, 2.45) is 5.73 Å². The van der Waals surface area contributed by atoms with Gasteiger partial charge in [-0.3, -0.25) is 0 Å². The molecule has 0 saturated heterocycles. The number of rotatable bonds is 10. The van der Waals surface area contributed by atoms with Gasteiger partial charge < -0.3 is 11.1 Å². The molecule has 0 aliphatic heterocycles. The summed E-state index contributed by atoms with van der Waals surface area (Å²) >= 11 is 3.41.